The average molecular weight is 350 g/mol. The molecule has 1 fully saturated rings. The van der Waals surface area contributed by atoms with Gasteiger partial charge in [0.15, 0.2) is 6.61 Å². The van der Waals surface area contributed by atoms with Crippen LogP contribution in [-0.4, -0.2) is 42.4 Å². The van der Waals surface area contributed by atoms with Crippen LogP contribution in [0.15, 0.2) is 18.2 Å². The Balaban J connectivity index is 1.81. The van der Waals surface area contributed by atoms with Crippen LogP contribution in [0.2, 0.25) is 0 Å². The molecule has 2 amide bonds. The number of likely N-dealkylation sites (tertiary alicyclic amines) is 1. The fourth-order valence-electron chi connectivity index (χ4n) is 2.74. The van der Waals surface area contributed by atoms with Gasteiger partial charge in [-0.05, 0) is 37.5 Å². The van der Waals surface area contributed by atoms with Gasteiger partial charge in [-0.2, -0.15) is 0 Å². The first-order chi connectivity index (χ1) is 11.9. The molecule has 0 aromatic heterocycles. The van der Waals surface area contributed by atoms with E-state index in [4.69, 9.17) is 4.74 Å². The van der Waals surface area contributed by atoms with Gasteiger partial charge in [-0.3, -0.25) is 14.4 Å². The van der Waals surface area contributed by atoms with E-state index in [1.807, 2.05) is 0 Å². The van der Waals surface area contributed by atoms with E-state index >= 15 is 0 Å². The number of piperidine rings is 1. The first-order valence-electron chi connectivity index (χ1n) is 8.41. The highest BCUT2D eigenvalue weighted by Crippen LogP contribution is 2.19. The van der Waals surface area contributed by atoms with Crippen LogP contribution in [0.1, 0.15) is 31.7 Å². The number of aryl methyl sites for hydroxylation is 1. The summed E-state index contributed by atoms with van der Waals surface area (Å²) in [7, 11) is 0. The van der Waals surface area contributed by atoms with E-state index in [0.717, 1.165) is 6.42 Å². The largest absolute Gasteiger partial charge is 0.455 e. The van der Waals surface area contributed by atoms with Gasteiger partial charge in [0.25, 0.3) is 5.91 Å². The molecular formula is C18H23FN2O4. The number of ether oxygens (including phenoxy) is 1. The minimum absolute atomic E-state index is 0.0108. The number of hydrogen-bond acceptors (Lipinski definition) is 4. The zero-order chi connectivity index (χ0) is 18.4. The number of esters is 1. The molecule has 0 radical (unpaired) electrons. The number of halogens is 1. The SMILES string of the molecule is CCC(=O)N1CCCC(C(=O)OCC(=O)Nc2ccc(C)c(F)c2)C1. The molecule has 1 heterocycles. The summed E-state index contributed by atoms with van der Waals surface area (Å²) in [4.78, 5) is 37.3. The monoisotopic (exact) mass is 350 g/mol. The van der Waals surface area contributed by atoms with Crippen molar-refractivity contribution >= 4 is 23.5 Å². The van der Waals surface area contributed by atoms with Crippen molar-refractivity contribution < 1.29 is 23.5 Å². The summed E-state index contributed by atoms with van der Waals surface area (Å²) in [6, 6.07) is 4.34. The second-order valence-corrected chi connectivity index (χ2v) is 6.15. The molecule has 1 unspecified atom stereocenters. The Bertz CT molecular complexity index is 662. The highest BCUT2D eigenvalue weighted by atomic mass is 19.1. The summed E-state index contributed by atoms with van der Waals surface area (Å²) in [5, 5.41) is 2.48. The lowest BCUT2D eigenvalue weighted by atomic mass is 9.98. The lowest BCUT2D eigenvalue weighted by Crippen LogP contribution is -2.42. The Labute approximate surface area is 146 Å². The summed E-state index contributed by atoms with van der Waals surface area (Å²) in [5.74, 6) is -1.84. The maximum absolute atomic E-state index is 13.4. The van der Waals surface area contributed by atoms with Crippen molar-refractivity contribution in [2.45, 2.75) is 33.1 Å². The minimum Gasteiger partial charge on any atom is -0.455 e. The number of carbonyl (C=O) groups is 3. The molecule has 1 aromatic carbocycles. The van der Waals surface area contributed by atoms with E-state index in [1.165, 1.54) is 6.07 Å². The molecular weight excluding hydrogens is 327 g/mol. The van der Waals surface area contributed by atoms with Crippen molar-refractivity contribution in [3.63, 3.8) is 0 Å². The normalized spacial score (nSPS) is 17.1. The number of anilines is 1. The smallest absolute Gasteiger partial charge is 0.311 e. The maximum Gasteiger partial charge on any atom is 0.311 e. The number of hydrogen-bond donors (Lipinski definition) is 1. The fourth-order valence-corrected chi connectivity index (χ4v) is 2.74. The Kier molecular flexibility index (Phi) is 6.50. The third-order valence-corrected chi connectivity index (χ3v) is 4.21. The first-order valence-corrected chi connectivity index (χ1v) is 8.41. The topological polar surface area (TPSA) is 75.7 Å². The Morgan fingerprint density at radius 1 is 1.36 bits per heavy atom. The quantitative estimate of drug-likeness (QED) is 0.827. The molecule has 1 N–H and O–H groups in total. The lowest BCUT2D eigenvalue weighted by Gasteiger charge is -2.31. The van der Waals surface area contributed by atoms with Gasteiger partial charge < -0.3 is 15.0 Å². The van der Waals surface area contributed by atoms with Crippen LogP contribution in [-0.2, 0) is 19.1 Å². The van der Waals surface area contributed by atoms with Crippen molar-refractivity contribution in [3.8, 4) is 0 Å². The Hall–Kier alpha value is -2.44. The predicted molar refractivity (Wildman–Crippen MR) is 90.3 cm³/mol. The number of nitrogens with one attached hydrogen (secondary N) is 1. The molecule has 0 aliphatic carbocycles. The average Bonchev–Trinajstić information content (AvgIpc) is 2.62. The van der Waals surface area contributed by atoms with Gasteiger partial charge in [-0.15, -0.1) is 0 Å². The number of amides is 2. The van der Waals surface area contributed by atoms with Gasteiger partial charge in [-0.25, -0.2) is 4.39 Å². The standard InChI is InChI=1S/C18H23FN2O4/c1-3-17(23)21-8-4-5-13(10-21)18(24)25-11-16(22)20-14-7-6-12(2)15(19)9-14/h6-7,9,13H,3-5,8,10-11H2,1-2H3,(H,20,22). The highest BCUT2D eigenvalue weighted by Gasteiger charge is 2.29. The third-order valence-electron chi connectivity index (χ3n) is 4.21. The second-order valence-electron chi connectivity index (χ2n) is 6.15. The minimum atomic E-state index is -0.533. The van der Waals surface area contributed by atoms with Crippen LogP contribution in [0, 0.1) is 18.7 Å². The number of nitrogens with zero attached hydrogens (tertiary/aromatic N) is 1. The molecule has 6 nitrogen and oxygen atoms in total. The molecule has 7 heteroatoms. The summed E-state index contributed by atoms with van der Waals surface area (Å²) in [5.41, 5.74) is 0.787. The fraction of sp³-hybridized carbons (Fsp3) is 0.500. The molecule has 136 valence electrons. The van der Waals surface area contributed by atoms with E-state index in [-0.39, 0.29) is 5.91 Å². The zero-order valence-corrected chi connectivity index (χ0v) is 14.5. The molecule has 1 aromatic rings. The van der Waals surface area contributed by atoms with E-state index in [1.54, 1.807) is 30.9 Å². The first kappa shape index (κ1) is 18.9. The van der Waals surface area contributed by atoms with Crippen molar-refractivity contribution in [3.05, 3.63) is 29.6 Å². The molecule has 2 rings (SSSR count). The van der Waals surface area contributed by atoms with E-state index in [0.29, 0.717) is 37.2 Å². The van der Waals surface area contributed by atoms with E-state index in [9.17, 15) is 18.8 Å². The molecule has 25 heavy (non-hydrogen) atoms. The highest BCUT2D eigenvalue weighted by molar-refractivity contribution is 5.93. The second kappa shape index (κ2) is 8.60. The van der Waals surface area contributed by atoms with Crippen LogP contribution < -0.4 is 5.32 Å². The van der Waals surface area contributed by atoms with Crippen molar-refractivity contribution in [1.82, 2.24) is 4.90 Å². The number of rotatable bonds is 5. The van der Waals surface area contributed by atoms with Crippen molar-refractivity contribution in [2.75, 3.05) is 25.0 Å². The molecule has 0 bridgehead atoms. The van der Waals surface area contributed by atoms with Gasteiger partial charge in [0.05, 0.1) is 5.92 Å². The van der Waals surface area contributed by atoms with Crippen LogP contribution in [0.3, 0.4) is 0 Å². The van der Waals surface area contributed by atoms with Gasteiger partial charge in [0.2, 0.25) is 5.91 Å². The number of carbonyl (C=O) groups excluding carboxylic acids is 3. The van der Waals surface area contributed by atoms with Crippen LogP contribution in [0.5, 0.6) is 0 Å². The summed E-state index contributed by atoms with van der Waals surface area (Å²) in [6.45, 7) is 3.95. The third kappa shape index (κ3) is 5.27. The maximum atomic E-state index is 13.4. The molecule has 0 spiro atoms. The van der Waals surface area contributed by atoms with Gasteiger partial charge in [-0.1, -0.05) is 13.0 Å². The van der Waals surface area contributed by atoms with Crippen LogP contribution in [0.4, 0.5) is 10.1 Å². The molecule has 0 saturated carbocycles. The Morgan fingerprint density at radius 2 is 2.12 bits per heavy atom. The predicted octanol–water partition coefficient (Wildman–Crippen LogP) is 2.26. The van der Waals surface area contributed by atoms with Crippen LogP contribution in [0.25, 0.3) is 0 Å². The molecule has 1 aliphatic heterocycles. The molecule has 1 saturated heterocycles. The van der Waals surface area contributed by atoms with E-state index < -0.39 is 30.2 Å². The lowest BCUT2D eigenvalue weighted by molar-refractivity contribution is -0.154. The summed E-state index contributed by atoms with van der Waals surface area (Å²) in [6.07, 6.45) is 1.77. The molecule has 1 atom stereocenters. The van der Waals surface area contributed by atoms with Gasteiger partial charge in [0.1, 0.15) is 5.82 Å². The Morgan fingerprint density at radius 3 is 2.80 bits per heavy atom. The van der Waals surface area contributed by atoms with Crippen molar-refractivity contribution in [2.24, 2.45) is 5.92 Å². The van der Waals surface area contributed by atoms with Gasteiger partial charge in [0, 0.05) is 25.2 Å². The van der Waals surface area contributed by atoms with Crippen LogP contribution >= 0.6 is 0 Å². The summed E-state index contributed by atoms with van der Waals surface area (Å²) < 4.78 is 18.5. The number of benzene rings is 1. The van der Waals surface area contributed by atoms with Crippen molar-refractivity contribution in [1.29, 1.82) is 0 Å². The zero-order valence-electron chi connectivity index (χ0n) is 14.5. The summed E-state index contributed by atoms with van der Waals surface area (Å²) >= 11 is 0. The molecule has 1 aliphatic rings. The van der Waals surface area contributed by atoms with Gasteiger partial charge >= 0.3 is 5.97 Å². The van der Waals surface area contributed by atoms with E-state index in [2.05, 4.69) is 5.32 Å².